The van der Waals surface area contributed by atoms with Gasteiger partial charge in [-0.15, -0.1) is 10.1 Å². The average molecular weight is 412 g/mol. The summed E-state index contributed by atoms with van der Waals surface area (Å²) in [7, 11) is 0. The van der Waals surface area contributed by atoms with Crippen LogP contribution >= 0.6 is 0 Å². The SMILES string of the molecule is CC(C)C[C@H](CNC(=O)OCOC(=O)c1ccc(CO[N+](=O)[O-])cc1)CC(=O)O. The Labute approximate surface area is 167 Å². The third-order valence-corrected chi connectivity index (χ3v) is 3.71. The van der Waals surface area contributed by atoms with Gasteiger partial charge in [0, 0.05) is 13.0 Å². The van der Waals surface area contributed by atoms with E-state index in [4.69, 9.17) is 14.6 Å². The summed E-state index contributed by atoms with van der Waals surface area (Å²) in [6.07, 6.45) is -0.273. The molecule has 0 bridgehead atoms. The number of carbonyl (C=O) groups excluding carboxylic acids is 2. The monoisotopic (exact) mass is 412 g/mol. The van der Waals surface area contributed by atoms with Crippen molar-refractivity contribution >= 4 is 18.0 Å². The zero-order valence-electron chi connectivity index (χ0n) is 16.2. The van der Waals surface area contributed by atoms with Crippen LogP contribution in [-0.2, 0) is 25.7 Å². The summed E-state index contributed by atoms with van der Waals surface area (Å²) in [5, 5.41) is 20.6. The van der Waals surface area contributed by atoms with Gasteiger partial charge in [0.25, 0.3) is 5.09 Å². The fraction of sp³-hybridized carbons (Fsp3) is 0.500. The van der Waals surface area contributed by atoms with Crippen molar-refractivity contribution in [2.45, 2.75) is 33.3 Å². The number of carboxylic acid groups (broad SMARTS) is 1. The molecule has 1 rings (SSSR count). The normalized spacial score (nSPS) is 11.4. The van der Waals surface area contributed by atoms with E-state index in [1.165, 1.54) is 24.3 Å². The number of carboxylic acids is 1. The number of hydrogen-bond acceptors (Lipinski definition) is 8. The molecule has 1 aromatic rings. The highest BCUT2D eigenvalue weighted by Crippen LogP contribution is 2.14. The number of nitrogens with zero attached hydrogens (tertiary/aromatic N) is 1. The molecule has 1 aromatic carbocycles. The molecule has 1 atom stereocenters. The molecule has 0 heterocycles. The molecule has 0 unspecified atom stereocenters. The average Bonchev–Trinajstić information content (AvgIpc) is 2.64. The molecule has 1 amide bonds. The Morgan fingerprint density at radius 3 is 2.38 bits per heavy atom. The molecular formula is C18H24N2O9. The first-order valence-corrected chi connectivity index (χ1v) is 8.83. The summed E-state index contributed by atoms with van der Waals surface area (Å²) >= 11 is 0. The van der Waals surface area contributed by atoms with Gasteiger partial charge in [-0.25, -0.2) is 9.59 Å². The van der Waals surface area contributed by atoms with Crippen LogP contribution in [0.4, 0.5) is 4.79 Å². The molecule has 0 saturated carbocycles. The van der Waals surface area contributed by atoms with Crippen molar-refractivity contribution in [1.29, 1.82) is 0 Å². The molecule has 0 spiro atoms. The number of alkyl carbamates (subject to hydrolysis) is 1. The lowest BCUT2D eigenvalue weighted by atomic mass is 9.94. The van der Waals surface area contributed by atoms with Crippen LogP contribution in [-0.4, -0.2) is 41.6 Å². The highest BCUT2D eigenvalue weighted by Gasteiger charge is 2.17. The van der Waals surface area contributed by atoms with Gasteiger partial charge in [-0.2, -0.15) is 0 Å². The van der Waals surface area contributed by atoms with E-state index in [9.17, 15) is 24.5 Å². The maximum atomic E-state index is 11.9. The summed E-state index contributed by atoms with van der Waals surface area (Å²) in [4.78, 5) is 48.8. The van der Waals surface area contributed by atoms with Gasteiger partial charge in [-0.3, -0.25) is 4.79 Å². The number of rotatable bonds is 12. The van der Waals surface area contributed by atoms with E-state index in [1.54, 1.807) is 0 Å². The van der Waals surface area contributed by atoms with Crippen molar-refractivity contribution in [3.8, 4) is 0 Å². The lowest BCUT2D eigenvalue weighted by Crippen LogP contribution is -2.32. The number of nitrogens with one attached hydrogen (secondary N) is 1. The zero-order chi connectivity index (χ0) is 21.8. The fourth-order valence-corrected chi connectivity index (χ4v) is 2.52. The van der Waals surface area contributed by atoms with Gasteiger partial charge in [0.1, 0.15) is 6.61 Å². The van der Waals surface area contributed by atoms with Crippen LogP contribution in [0.1, 0.15) is 42.6 Å². The van der Waals surface area contributed by atoms with Crippen LogP contribution in [0.25, 0.3) is 0 Å². The lowest BCUT2D eigenvalue weighted by molar-refractivity contribution is -0.763. The standard InChI is InChI=1S/C18H24N2O9/c1-12(2)7-14(8-16(21)22)9-19-18(24)28-11-27-17(23)15-5-3-13(4-6-15)10-29-20(25)26/h3-6,12,14H,7-11H2,1-2H3,(H,19,24)(H,21,22)/t14-/m0/s1. The van der Waals surface area contributed by atoms with Crippen LogP contribution in [0.5, 0.6) is 0 Å². The minimum Gasteiger partial charge on any atom is -0.481 e. The molecule has 2 N–H and O–H groups in total. The predicted octanol–water partition coefficient (Wildman–Crippen LogP) is 2.37. The largest absolute Gasteiger partial charge is 0.481 e. The van der Waals surface area contributed by atoms with Gasteiger partial charge in [0.2, 0.25) is 6.79 Å². The van der Waals surface area contributed by atoms with Crippen LogP contribution in [0, 0.1) is 22.0 Å². The Bertz CT molecular complexity index is 704. The van der Waals surface area contributed by atoms with Crippen molar-refractivity contribution in [3.05, 3.63) is 45.5 Å². The van der Waals surface area contributed by atoms with E-state index in [0.29, 0.717) is 12.0 Å². The first kappa shape index (κ1) is 23.7. The summed E-state index contributed by atoms with van der Waals surface area (Å²) in [5.41, 5.74) is 0.656. The highest BCUT2D eigenvalue weighted by molar-refractivity contribution is 5.89. The minimum absolute atomic E-state index is 0.0733. The first-order chi connectivity index (χ1) is 13.7. The second-order valence-corrected chi connectivity index (χ2v) is 6.65. The van der Waals surface area contributed by atoms with Crippen molar-refractivity contribution in [3.63, 3.8) is 0 Å². The maximum Gasteiger partial charge on any atom is 0.410 e. The molecule has 160 valence electrons. The van der Waals surface area contributed by atoms with Crippen molar-refractivity contribution in [2.75, 3.05) is 13.3 Å². The summed E-state index contributed by atoms with van der Waals surface area (Å²) < 4.78 is 9.56. The van der Waals surface area contributed by atoms with Gasteiger partial charge >= 0.3 is 18.0 Å². The van der Waals surface area contributed by atoms with E-state index in [1.807, 2.05) is 13.8 Å². The van der Waals surface area contributed by atoms with E-state index in [-0.39, 0.29) is 37.0 Å². The third kappa shape index (κ3) is 10.5. The van der Waals surface area contributed by atoms with Gasteiger partial charge in [0.15, 0.2) is 0 Å². The quantitative estimate of drug-likeness (QED) is 0.228. The minimum atomic E-state index is -0.948. The molecule has 0 aromatic heterocycles. The third-order valence-electron chi connectivity index (χ3n) is 3.71. The number of esters is 1. The van der Waals surface area contributed by atoms with Gasteiger partial charge < -0.3 is 24.7 Å². The number of benzene rings is 1. The van der Waals surface area contributed by atoms with Crippen molar-refractivity contribution in [1.82, 2.24) is 5.32 Å². The van der Waals surface area contributed by atoms with E-state index >= 15 is 0 Å². The van der Waals surface area contributed by atoms with Gasteiger partial charge in [-0.05, 0) is 36.0 Å². The second kappa shape index (κ2) is 12.2. The first-order valence-electron chi connectivity index (χ1n) is 8.83. The van der Waals surface area contributed by atoms with Crippen LogP contribution in [0.3, 0.4) is 0 Å². The number of ether oxygens (including phenoxy) is 2. The molecule has 11 heteroatoms. The van der Waals surface area contributed by atoms with Crippen molar-refractivity contribution in [2.24, 2.45) is 11.8 Å². The number of hydrogen-bond donors (Lipinski definition) is 2. The van der Waals surface area contributed by atoms with Crippen LogP contribution < -0.4 is 5.32 Å². The lowest BCUT2D eigenvalue weighted by Gasteiger charge is -2.17. The predicted molar refractivity (Wildman–Crippen MR) is 98.2 cm³/mol. The van der Waals surface area contributed by atoms with Crippen LogP contribution in [0.15, 0.2) is 24.3 Å². The van der Waals surface area contributed by atoms with E-state index < -0.39 is 29.9 Å². The molecular weight excluding hydrogens is 388 g/mol. The summed E-state index contributed by atoms with van der Waals surface area (Å²) in [6, 6.07) is 5.71. The highest BCUT2D eigenvalue weighted by atomic mass is 16.9. The molecule has 29 heavy (non-hydrogen) atoms. The number of amides is 1. The Morgan fingerprint density at radius 1 is 1.17 bits per heavy atom. The van der Waals surface area contributed by atoms with E-state index in [2.05, 4.69) is 10.2 Å². The molecule has 0 radical (unpaired) electrons. The Hall–Kier alpha value is -3.37. The van der Waals surface area contributed by atoms with Crippen molar-refractivity contribution < 1.29 is 38.9 Å². The zero-order valence-corrected chi connectivity index (χ0v) is 16.2. The number of carbonyl (C=O) groups is 3. The molecule has 0 aliphatic heterocycles. The van der Waals surface area contributed by atoms with Gasteiger partial charge in [-0.1, -0.05) is 26.0 Å². The Kier molecular flexibility index (Phi) is 9.92. The van der Waals surface area contributed by atoms with Gasteiger partial charge in [0.05, 0.1) is 5.56 Å². The molecule has 0 saturated heterocycles. The fourth-order valence-electron chi connectivity index (χ4n) is 2.52. The molecule has 0 aliphatic carbocycles. The second-order valence-electron chi connectivity index (χ2n) is 6.65. The molecule has 0 fully saturated rings. The van der Waals surface area contributed by atoms with E-state index in [0.717, 1.165) is 0 Å². The summed E-state index contributed by atoms with van der Waals surface area (Å²) in [6.45, 7) is 3.17. The molecule has 11 nitrogen and oxygen atoms in total. The number of aliphatic carboxylic acids is 1. The smallest absolute Gasteiger partial charge is 0.410 e. The molecule has 0 aliphatic rings. The summed E-state index contributed by atoms with van der Waals surface area (Å²) in [5.74, 6) is -1.66. The maximum absolute atomic E-state index is 11.9. The Morgan fingerprint density at radius 2 is 1.83 bits per heavy atom. The van der Waals surface area contributed by atoms with Crippen LogP contribution in [0.2, 0.25) is 0 Å². The topological polar surface area (TPSA) is 154 Å². The Balaban J connectivity index is 2.36.